The molecule has 3 aromatic rings. The number of allylic oxidation sites excluding steroid dienone is 1. The van der Waals surface area contributed by atoms with Crippen molar-refractivity contribution in [2.45, 2.75) is 58.0 Å². The number of benzene rings is 3. The Balaban J connectivity index is 1.59. The Morgan fingerprint density at radius 1 is 0.825 bits per heavy atom. The van der Waals surface area contributed by atoms with E-state index in [0.29, 0.717) is 5.56 Å². The van der Waals surface area contributed by atoms with Crippen LogP contribution in [0.15, 0.2) is 84.9 Å². The minimum absolute atomic E-state index is 0.0764. The van der Waals surface area contributed by atoms with Crippen LogP contribution in [0.2, 0.25) is 0 Å². The van der Waals surface area contributed by atoms with Crippen molar-refractivity contribution in [2.24, 2.45) is 0 Å². The fraction of sp³-hybridized carbons (Fsp3) is 0.344. The number of hydrogen-bond acceptors (Lipinski definition) is 7. The molecule has 3 aromatic carbocycles. The van der Waals surface area contributed by atoms with Crippen molar-refractivity contribution in [1.82, 2.24) is 0 Å². The van der Waals surface area contributed by atoms with E-state index in [4.69, 9.17) is 18.9 Å². The van der Waals surface area contributed by atoms with Gasteiger partial charge in [0, 0.05) is 0 Å². The van der Waals surface area contributed by atoms with Crippen molar-refractivity contribution in [2.75, 3.05) is 13.2 Å². The highest BCUT2D eigenvalue weighted by atomic mass is 16.6. The third kappa shape index (κ3) is 10.3. The quantitative estimate of drug-likeness (QED) is 0.214. The van der Waals surface area contributed by atoms with Crippen LogP contribution in [0.1, 0.15) is 38.3 Å². The Bertz CT molecular complexity index is 1290. The van der Waals surface area contributed by atoms with Crippen LogP contribution in [0.3, 0.4) is 0 Å². The number of ether oxygens (including phenoxy) is 4. The van der Waals surface area contributed by atoms with E-state index in [1.54, 1.807) is 51.1 Å². The summed E-state index contributed by atoms with van der Waals surface area (Å²) in [5.41, 5.74) is 1.12. The van der Waals surface area contributed by atoms with Crippen molar-refractivity contribution in [3.8, 4) is 0 Å². The Morgan fingerprint density at radius 2 is 1.52 bits per heavy atom. The number of aryl methyl sites for hydroxylation is 1. The van der Waals surface area contributed by atoms with Crippen LogP contribution in [-0.2, 0) is 46.4 Å². The molecule has 0 radical (unpaired) electrons. The molecule has 0 saturated heterocycles. The third-order valence-electron chi connectivity index (χ3n) is 5.73. The van der Waals surface area contributed by atoms with Gasteiger partial charge in [0.25, 0.3) is 0 Å². The van der Waals surface area contributed by atoms with Gasteiger partial charge in [-0.25, -0.2) is 14.4 Å². The van der Waals surface area contributed by atoms with E-state index in [1.165, 1.54) is 16.3 Å². The Labute approximate surface area is 234 Å². The minimum atomic E-state index is -1.70. The van der Waals surface area contributed by atoms with Gasteiger partial charge in [0.15, 0.2) is 12.2 Å². The van der Waals surface area contributed by atoms with Crippen LogP contribution < -0.4 is 0 Å². The van der Waals surface area contributed by atoms with Crippen molar-refractivity contribution >= 4 is 28.7 Å². The van der Waals surface area contributed by atoms with Crippen LogP contribution in [-0.4, -0.2) is 54.0 Å². The predicted octanol–water partition coefficient (Wildman–Crippen LogP) is 5.27. The van der Waals surface area contributed by atoms with Crippen molar-refractivity contribution < 1.29 is 38.4 Å². The van der Waals surface area contributed by atoms with Crippen LogP contribution in [0.4, 0.5) is 0 Å². The minimum Gasteiger partial charge on any atom is -0.479 e. The molecule has 0 aliphatic heterocycles. The summed E-state index contributed by atoms with van der Waals surface area (Å²) >= 11 is 0. The molecule has 8 heteroatoms. The lowest BCUT2D eigenvalue weighted by Gasteiger charge is -2.24. The largest absolute Gasteiger partial charge is 0.479 e. The lowest BCUT2D eigenvalue weighted by Crippen LogP contribution is -2.45. The molecule has 0 aliphatic rings. The Hall–Kier alpha value is -4.01. The smallest absolute Gasteiger partial charge is 0.339 e. The average Bonchev–Trinajstić information content (AvgIpc) is 2.92. The first kappa shape index (κ1) is 30.5. The van der Waals surface area contributed by atoms with Gasteiger partial charge in [0.05, 0.1) is 6.61 Å². The van der Waals surface area contributed by atoms with Gasteiger partial charge in [-0.15, -0.1) is 0 Å². The predicted molar refractivity (Wildman–Crippen MR) is 151 cm³/mol. The zero-order valence-electron chi connectivity index (χ0n) is 23.1. The highest BCUT2D eigenvalue weighted by molar-refractivity contribution is 5.85. The fourth-order valence-electron chi connectivity index (χ4n) is 3.90. The molecular formula is C32H36O8. The summed E-state index contributed by atoms with van der Waals surface area (Å²) in [5, 5.41) is 12.2. The van der Waals surface area contributed by atoms with Gasteiger partial charge in [0.1, 0.15) is 18.8 Å². The number of esters is 2. The number of carbonyl (C=O) groups is 3. The first-order chi connectivity index (χ1) is 19.1. The molecule has 0 saturated carbocycles. The number of hydrogen-bond donors (Lipinski definition) is 1. The first-order valence-corrected chi connectivity index (χ1v) is 13.1. The molecule has 0 aromatic heterocycles. The summed E-state index contributed by atoms with van der Waals surface area (Å²) in [4.78, 5) is 37.1. The van der Waals surface area contributed by atoms with Crippen molar-refractivity contribution in [3.05, 3.63) is 96.1 Å². The van der Waals surface area contributed by atoms with E-state index in [0.717, 1.165) is 12.8 Å². The second kappa shape index (κ2) is 15.0. The van der Waals surface area contributed by atoms with Gasteiger partial charge in [-0.2, -0.15) is 0 Å². The van der Waals surface area contributed by atoms with Crippen LogP contribution in [0, 0.1) is 0 Å². The maximum absolute atomic E-state index is 12.9. The first-order valence-electron chi connectivity index (χ1n) is 13.1. The Kier molecular flexibility index (Phi) is 11.4. The lowest BCUT2D eigenvalue weighted by molar-refractivity contribution is -0.186. The third-order valence-corrected chi connectivity index (χ3v) is 5.73. The van der Waals surface area contributed by atoms with Gasteiger partial charge in [-0.05, 0) is 55.5 Å². The van der Waals surface area contributed by atoms with E-state index in [-0.39, 0.29) is 13.2 Å². The standard InChI is InChI=1S/C32H36O8/c1-32(2,3)40-27(33)22-38-29(31(36)39-21-24-13-6-4-7-14-24)28(30(34)35)37-19-11-5-8-12-23-17-18-25-15-9-10-16-26(25)20-23/h4-7,9-11,13-18,20,28-29H,8,12,19,21-22H2,1-3H3,(H,34,35)/b11-5+/t28-,29-/m1/s1. The molecule has 40 heavy (non-hydrogen) atoms. The molecule has 0 spiro atoms. The van der Waals surface area contributed by atoms with Crippen molar-refractivity contribution in [3.63, 3.8) is 0 Å². The zero-order chi connectivity index (χ0) is 29.0. The molecule has 8 nitrogen and oxygen atoms in total. The maximum Gasteiger partial charge on any atom is 0.339 e. The van der Waals surface area contributed by atoms with E-state index in [1.807, 2.05) is 24.3 Å². The van der Waals surface area contributed by atoms with Crippen LogP contribution in [0.5, 0.6) is 0 Å². The van der Waals surface area contributed by atoms with Gasteiger partial charge in [-0.3, -0.25) is 0 Å². The average molecular weight is 549 g/mol. The fourth-order valence-corrected chi connectivity index (χ4v) is 3.90. The number of aliphatic carboxylic acids is 1. The van der Waals surface area contributed by atoms with Gasteiger partial charge in [-0.1, -0.05) is 84.9 Å². The summed E-state index contributed by atoms with van der Waals surface area (Å²) in [7, 11) is 0. The molecular weight excluding hydrogens is 512 g/mol. The molecule has 1 N–H and O–H groups in total. The van der Waals surface area contributed by atoms with Crippen molar-refractivity contribution in [1.29, 1.82) is 0 Å². The zero-order valence-corrected chi connectivity index (χ0v) is 23.1. The number of carboxylic acid groups (broad SMARTS) is 1. The molecule has 0 amide bonds. The normalized spacial score (nSPS) is 13.2. The van der Waals surface area contributed by atoms with Crippen LogP contribution in [0.25, 0.3) is 10.8 Å². The number of fused-ring (bicyclic) bond motifs is 1. The maximum atomic E-state index is 12.9. The van der Waals surface area contributed by atoms with E-state index in [9.17, 15) is 19.5 Å². The second-order valence-corrected chi connectivity index (χ2v) is 10.2. The molecule has 0 aliphatic carbocycles. The van der Waals surface area contributed by atoms with E-state index >= 15 is 0 Å². The number of carboxylic acids is 1. The van der Waals surface area contributed by atoms with E-state index in [2.05, 4.69) is 30.3 Å². The highest BCUT2D eigenvalue weighted by Gasteiger charge is 2.38. The van der Waals surface area contributed by atoms with Gasteiger partial charge >= 0.3 is 17.9 Å². The molecule has 3 rings (SSSR count). The summed E-state index contributed by atoms with van der Waals surface area (Å²) in [6.45, 7) is 4.25. The van der Waals surface area contributed by atoms with Gasteiger partial charge < -0.3 is 24.1 Å². The molecule has 0 unspecified atom stereocenters. The highest BCUT2D eigenvalue weighted by Crippen LogP contribution is 2.17. The molecule has 0 fully saturated rings. The monoisotopic (exact) mass is 548 g/mol. The van der Waals surface area contributed by atoms with E-state index < -0.39 is 42.3 Å². The SMILES string of the molecule is CC(C)(C)OC(=O)CO[C@@H](C(=O)OCc1ccccc1)[C@@H](OC/C=C/CCc1ccc2ccccc2c1)C(=O)O. The summed E-state index contributed by atoms with van der Waals surface area (Å²) in [6, 6.07) is 23.4. The molecule has 0 heterocycles. The molecule has 2 atom stereocenters. The lowest BCUT2D eigenvalue weighted by atomic mass is 10.0. The molecule has 212 valence electrons. The second-order valence-electron chi connectivity index (χ2n) is 10.2. The van der Waals surface area contributed by atoms with Gasteiger partial charge in [0.2, 0.25) is 0 Å². The topological polar surface area (TPSA) is 108 Å². The summed E-state index contributed by atoms with van der Waals surface area (Å²) in [5.74, 6) is -3.12. The summed E-state index contributed by atoms with van der Waals surface area (Å²) in [6.07, 6.45) is 1.72. The summed E-state index contributed by atoms with van der Waals surface area (Å²) < 4.78 is 21.4. The molecule has 0 bridgehead atoms. The Morgan fingerprint density at radius 3 is 2.23 bits per heavy atom. The van der Waals surface area contributed by atoms with Crippen LogP contribution >= 0.6 is 0 Å². The number of rotatable bonds is 14. The number of carbonyl (C=O) groups excluding carboxylic acids is 2.